The van der Waals surface area contributed by atoms with E-state index in [4.69, 9.17) is 18.1 Å². The molecule has 0 amide bonds. The minimum atomic E-state index is -4.28. The van der Waals surface area contributed by atoms with Crippen molar-refractivity contribution in [3.8, 4) is 0 Å². The van der Waals surface area contributed by atoms with Crippen LogP contribution in [-0.2, 0) is 13.2 Å². The molecule has 2 atom stereocenters. The number of hydrogen-bond donors (Lipinski definition) is 1. The number of hydrazone groups is 1. The summed E-state index contributed by atoms with van der Waals surface area (Å²) in [4.78, 5) is 2.47. The van der Waals surface area contributed by atoms with Gasteiger partial charge in [0.1, 0.15) is 5.71 Å². The van der Waals surface area contributed by atoms with E-state index in [9.17, 15) is 13.2 Å². The van der Waals surface area contributed by atoms with Gasteiger partial charge in [0.25, 0.3) is 0 Å². The maximum atomic E-state index is 12.8. The number of thiocarbonyl (C=S) groups is 1. The number of nitrogens with two attached hydrogens (primary N) is 1. The van der Waals surface area contributed by atoms with Crippen molar-refractivity contribution in [2.45, 2.75) is 36.5 Å². The molecule has 1 spiro atoms. The van der Waals surface area contributed by atoms with Gasteiger partial charge in [-0.3, -0.25) is 0 Å². The van der Waals surface area contributed by atoms with Crippen LogP contribution < -0.4 is 5.84 Å². The molecule has 1 aliphatic carbocycles. The fraction of sp³-hybridized carbons (Fsp3) is 0.524. The van der Waals surface area contributed by atoms with Crippen molar-refractivity contribution in [1.29, 1.82) is 0 Å². The first-order chi connectivity index (χ1) is 15.3. The molecule has 0 bridgehead atoms. The molecule has 1 aliphatic heterocycles. The van der Waals surface area contributed by atoms with Crippen molar-refractivity contribution in [1.82, 2.24) is 19.7 Å². The van der Waals surface area contributed by atoms with Crippen LogP contribution in [0.3, 0.4) is 0 Å². The lowest BCUT2D eigenvalue weighted by atomic mass is 9.97. The predicted octanol–water partition coefficient (Wildman–Crippen LogP) is 3.86. The average molecular weight is 483 g/mol. The zero-order valence-electron chi connectivity index (χ0n) is 17.7. The van der Waals surface area contributed by atoms with Gasteiger partial charge < -0.3 is 15.3 Å². The van der Waals surface area contributed by atoms with Crippen molar-refractivity contribution in [2.24, 2.45) is 23.4 Å². The Morgan fingerprint density at radius 3 is 2.75 bits per heavy atom. The van der Waals surface area contributed by atoms with E-state index in [1.54, 1.807) is 23.9 Å². The lowest BCUT2D eigenvalue weighted by Gasteiger charge is -2.16. The van der Waals surface area contributed by atoms with Gasteiger partial charge >= 0.3 is 6.18 Å². The second kappa shape index (κ2) is 9.11. The summed E-state index contributed by atoms with van der Waals surface area (Å²) in [7, 11) is 1.86. The zero-order chi connectivity index (χ0) is 22.9. The molecule has 4 rings (SSSR count). The van der Waals surface area contributed by atoms with Gasteiger partial charge in [0.2, 0.25) is 0 Å². The third-order valence-electron chi connectivity index (χ3n) is 6.46. The lowest BCUT2D eigenvalue weighted by molar-refractivity contribution is -0.137. The molecule has 2 aliphatic rings. The number of aromatic nitrogens is 3. The Hall–Kier alpha value is -1.98. The van der Waals surface area contributed by atoms with Crippen LogP contribution in [0.4, 0.5) is 13.2 Å². The molecular weight excluding hydrogens is 457 g/mol. The van der Waals surface area contributed by atoms with Crippen LogP contribution in [0.2, 0.25) is 0 Å². The largest absolute Gasteiger partial charge is 0.416 e. The fourth-order valence-electron chi connectivity index (χ4n) is 4.61. The fourth-order valence-corrected chi connectivity index (χ4v) is 5.61. The number of hydrogen-bond acceptors (Lipinski definition) is 7. The first kappa shape index (κ1) is 23.2. The van der Waals surface area contributed by atoms with Gasteiger partial charge in [-0.15, -0.1) is 10.2 Å². The molecular formula is C21H25F3N6S2. The molecule has 172 valence electrons. The Labute approximate surface area is 194 Å². The van der Waals surface area contributed by atoms with Crippen molar-refractivity contribution in [3.05, 3.63) is 41.2 Å². The monoisotopic (exact) mass is 482 g/mol. The summed E-state index contributed by atoms with van der Waals surface area (Å²) < 4.78 is 40.2. The molecule has 0 radical (unpaired) electrons. The van der Waals surface area contributed by atoms with E-state index in [0.29, 0.717) is 17.5 Å². The van der Waals surface area contributed by atoms with E-state index in [1.807, 2.05) is 11.6 Å². The maximum absolute atomic E-state index is 12.8. The second-order valence-electron chi connectivity index (χ2n) is 8.46. The van der Waals surface area contributed by atoms with Crippen LogP contribution >= 0.6 is 24.0 Å². The summed E-state index contributed by atoms with van der Waals surface area (Å²) in [5, 5.41) is 14.1. The van der Waals surface area contributed by atoms with Crippen LogP contribution in [0.5, 0.6) is 0 Å². The second-order valence-corrected chi connectivity index (χ2v) is 9.76. The topological polar surface area (TPSA) is 72.3 Å². The highest BCUT2D eigenvalue weighted by molar-refractivity contribution is 7.99. The molecule has 1 saturated heterocycles. The molecule has 1 aromatic heterocycles. The number of likely N-dealkylation sites (tertiary alicyclic amines) is 1. The third kappa shape index (κ3) is 4.69. The number of nitrogens with zero attached hydrogens (tertiary/aromatic N) is 5. The molecule has 1 saturated carbocycles. The number of halogens is 3. The Balaban J connectivity index is 1.23. The highest BCUT2D eigenvalue weighted by Crippen LogP contribution is 2.64. The zero-order valence-corrected chi connectivity index (χ0v) is 19.3. The average Bonchev–Trinajstić information content (AvgIpc) is 3.12. The van der Waals surface area contributed by atoms with Crippen molar-refractivity contribution >= 4 is 35.1 Å². The van der Waals surface area contributed by atoms with E-state index in [1.165, 1.54) is 17.5 Å². The first-order valence-corrected chi connectivity index (χ1v) is 11.9. The normalized spacial score (nSPS) is 23.8. The summed E-state index contributed by atoms with van der Waals surface area (Å²) in [5.41, 5.74) is 1.12. The number of benzene rings is 1. The number of rotatable bonds is 8. The maximum Gasteiger partial charge on any atom is 0.416 e. The molecule has 2 fully saturated rings. The highest BCUT2D eigenvalue weighted by atomic mass is 32.2. The standard InChI is InChI=1S/C21H25F3N6S2/c1-29-18(17(12-31)26-25)27-28-19(29)32-10-2-8-30-9-7-20(13-30)11-16(20)14-3-5-15(6-4-14)21(22,23)24/h3-6,12,16H,2,7-11,13,25H2,1H3/t16-,20-/m0/s1. The summed E-state index contributed by atoms with van der Waals surface area (Å²) >= 11 is 6.53. The summed E-state index contributed by atoms with van der Waals surface area (Å²) in [6.45, 7) is 3.05. The highest BCUT2D eigenvalue weighted by Gasteiger charge is 2.57. The molecule has 32 heavy (non-hydrogen) atoms. The molecule has 2 aromatic rings. The Bertz CT molecular complexity index is 1000. The van der Waals surface area contributed by atoms with E-state index in [-0.39, 0.29) is 5.41 Å². The Morgan fingerprint density at radius 2 is 2.09 bits per heavy atom. The van der Waals surface area contributed by atoms with Crippen LogP contribution in [0, 0.1) is 5.41 Å². The van der Waals surface area contributed by atoms with Crippen LogP contribution in [0.25, 0.3) is 0 Å². The van der Waals surface area contributed by atoms with E-state index in [2.05, 4.69) is 20.2 Å². The van der Waals surface area contributed by atoms with Gasteiger partial charge in [0.15, 0.2) is 11.0 Å². The van der Waals surface area contributed by atoms with Gasteiger partial charge in [0, 0.05) is 24.7 Å². The van der Waals surface area contributed by atoms with Crippen LogP contribution in [0.15, 0.2) is 34.5 Å². The number of alkyl halides is 3. The lowest BCUT2D eigenvalue weighted by Crippen LogP contribution is -2.23. The SMILES string of the molecule is Cn1c(SCCCN2CC[C@]3(C[C@H]3c3ccc(C(F)(F)F)cc3)C2)nnc1C(C=S)=NN. The Kier molecular flexibility index (Phi) is 6.60. The molecule has 0 unspecified atom stereocenters. The summed E-state index contributed by atoms with van der Waals surface area (Å²) in [6.07, 6.45) is -1.09. The van der Waals surface area contributed by atoms with Gasteiger partial charge in [-0.05, 0) is 61.4 Å². The smallest absolute Gasteiger partial charge is 0.323 e. The third-order valence-corrected chi connectivity index (χ3v) is 7.79. The molecule has 2 N–H and O–H groups in total. The predicted molar refractivity (Wildman–Crippen MR) is 123 cm³/mol. The van der Waals surface area contributed by atoms with Crippen LogP contribution in [-0.4, -0.2) is 56.1 Å². The van der Waals surface area contributed by atoms with E-state index < -0.39 is 11.7 Å². The van der Waals surface area contributed by atoms with Crippen molar-refractivity contribution in [3.63, 3.8) is 0 Å². The Morgan fingerprint density at radius 1 is 1.34 bits per heavy atom. The first-order valence-electron chi connectivity index (χ1n) is 10.4. The molecule has 6 nitrogen and oxygen atoms in total. The summed E-state index contributed by atoms with van der Waals surface area (Å²) in [5.74, 6) is 7.17. The molecule has 1 aromatic carbocycles. The van der Waals surface area contributed by atoms with Crippen molar-refractivity contribution in [2.75, 3.05) is 25.4 Å². The quantitative estimate of drug-likeness (QED) is 0.154. The minimum Gasteiger partial charge on any atom is -0.323 e. The summed E-state index contributed by atoms with van der Waals surface area (Å²) in [6, 6.07) is 5.72. The molecule has 2 heterocycles. The van der Waals surface area contributed by atoms with Crippen molar-refractivity contribution < 1.29 is 13.2 Å². The van der Waals surface area contributed by atoms with Gasteiger partial charge in [0.05, 0.1) is 5.56 Å². The number of thioether (sulfide) groups is 1. The van der Waals surface area contributed by atoms with Gasteiger partial charge in [-0.1, -0.05) is 36.1 Å². The minimum absolute atomic E-state index is 0.240. The van der Waals surface area contributed by atoms with Crippen LogP contribution in [0.1, 0.15) is 42.1 Å². The van der Waals surface area contributed by atoms with Gasteiger partial charge in [-0.25, -0.2) is 0 Å². The van der Waals surface area contributed by atoms with Gasteiger partial charge in [-0.2, -0.15) is 18.3 Å². The molecule has 11 heteroatoms. The van der Waals surface area contributed by atoms with E-state index >= 15 is 0 Å². The van der Waals surface area contributed by atoms with E-state index in [0.717, 1.165) is 55.4 Å².